The Balaban J connectivity index is 1.49. The van der Waals surface area contributed by atoms with E-state index in [0.29, 0.717) is 24.7 Å². The molecule has 2 aromatic rings. The van der Waals surface area contributed by atoms with E-state index < -0.39 is 0 Å². The predicted molar refractivity (Wildman–Crippen MR) is 119 cm³/mol. The van der Waals surface area contributed by atoms with Crippen LogP contribution in [0.25, 0.3) is 0 Å². The summed E-state index contributed by atoms with van der Waals surface area (Å²) in [6.45, 7) is 11.6. The van der Waals surface area contributed by atoms with E-state index in [1.807, 2.05) is 37.3 Å². The smallest absolute Gasteiger partial charge is 0.258 e. The minimum atomic E-state index is -0.146. The maximum atomic E-state index is 12.3. The van der Waals surface area contributed by atoms with E-state index in [2.05, 4.69) is 40.2 Å². The summed E-state index contributed by atoms with van der Waals surface area (Å²) < 4.78 is 11.2. The molecule has 1 aliphatic heterocycles. The number of carbonyl (C=O) groups excluding carboxylic acids is 1. The third kappa shape index (κ3) is 6.47. The van der Waals surface area contributed by atoms with Crippen molar-refractivity contribution >= 4 is 5.91 Å². The number of hydrogen-bond donors (Lipinski definition) is 1. The zero-order chi connectivity index (χ0) is 21.2. The summed E-state index contributed by atoms with van der Waals surface area (Å²) in [6.07, 6.45) is 0. The number of likely N-dealkylation sites (N-methyl/N-ethyl adjacent to an activating group) is 1. The fourth-order valence-corrected chi connectivity index (χ4v) is 3.62. The second-order valence-corrected chi connectivity index (χ2v) is 7.42. The van der Waals surface area contributed by atoms with Crippen molar-refractivity contribution in [3.63, 3.8) is 0 Å². The monoisotopic (exact) mass is 411 g/mol. The Morgan fingerprint density at radius 1 is 0.867 bits per heavy atom. The molecule has 6 heteroatoms. The van der Waals surface area contributed by atoms with Gasteiger partial charge in [0.2, 0.25) is 0 Å². The second kappa shape index (κ2) is 11.6. The number of ether oxygens (including phenoxy) is 2. The lowest BCUT2D eigenvalue weighted by molar-refractivity contribution is -0.123. The lowest BCUT2D eigenvalue weighted by atomic mass is 10.1. The normalized spacial score (nSPS) is 15.0. The van der Waals surface area contributed by atoms with Crippen molar-refractivity contribution in [1.29, 1.82) is 0 Å². The van der Waals surface area contributed by atoms with Gasteiger partial charge in [-0.05, 0) is 36.7 Å². The average Bonchev–Trinajstić information content (AvgIpc) is 2.78. The number of carbonyl (C=O) groups is 1. The third-order valence-corrected chi connectivity index (χ3v) is 5.41. The summed E-state index contributed by atoms with van der Waals surface area (Å²) in [7, 11) is 0. The Labute approximate surface area is 179 Å². The van der Waals surface area contributed by atoms with Crippen molar-refractivity contribution in [2.75, 3.05) is 45.9 Å². The summed E-state index contributed by atoms with van der Waals surface area (Å²) in [5.74, 6) is 1.09. The number of amides is 1. The number of para-hydroxylation sites is 2. The first-order chi connectivity index (χ1) is 14.7. The fraction of sp³-hybridized carbons (Fsp3) is 0.458. The molecule has 1 N–H and O–H groups in total. The molecule has 1 heterocycles. The Hall–Kier alpha value is -2.57. The molecule has 0 bridgehead atoms. The highest BCUT2D eigenvalue weighted by molar-refractivity contribution is 5.77. The van der Waals surface area contributed by atoms with Gasteiger partial charge >= 0.3 is 0 Å². The van der Waals surface area contributed by atoms with Gasteiger partial charge in [0.15, 0.2) is 18.1 Å². The van der Waals surface area contributed by atoms with Crippen molar-refractivity contribution in [2.24, 2.45) is 0 Å². The lowest BCUT2D eigenvalue weighted by Crippen LogP contribution is -2.45. The van der Waals surface area contributed by atoms with Crippen LogP contribution >= 0.6 is 0 Å². The molecule has 1 amide bonds. The molecule has 0 atom stereocenters. The van der Waals surface area contributed by atoms with Crippen LogP contribution in [0, 0.1) is 0 Å². The van der Waals surface area contributed by atoms with Gasteiger partial charge in [0.25, 0.3) is 5.91 Å². The van der Waals surface area contributed by atoms with Crippen LogP contribution in [0.5, 0.6) is 11.5 Å². The van der Waals surface area contributed by atoms with Crippen LogP contribution in [0.3, 0.4) is 0 Å². The fourth-order valence-electron chi connectivity index (χ4n) is 3.62. The van der Waals surface area contributed by atoms with E-state index in [-0.39, 0.29) is 12.5 Å². The van der Waals surface area contributed by atoms with Gasteiger partial charge < -0.3 is 19.7 Å². The average molecular weight is 412 g/mol. The summed E-state index contributed by atoms with van der Waals surface area (Å²) in [5.41, 5.74) is 2.42. The third-order valence-electron chi connectivity index (χ3n) is 5.41. The highest BCUT2D eigenvalue weighted by Crippen LogP contribution is 2.26. The number of nitrogens with zero attached hydrogens (tertiary/aromatic N) is 2. The van der Waals surface area contributed by atoms with E-state index in [9.17, 15) is 4.79 Å². The van der Waals surface area contributed by atoms with Crippen molar-refractivity contribution in [3.05, 3.63) is 59.7 Å². The standard InChI is InChI=1S/C24H33N3O3/c1-3-26-13-15-27(16-14-26)18-21-10-6-5-9-20(21)17-25-24(28)19-30-23-12-8-7-11-22(23)29-4-2/h5-12H,3-4,13-19H2,1-2H3,(H,25,28). The molecule has 30 heavy (non-hydrogen) atoms. The molecule has 0 aromatic heterocycles. The first-order valence-electron chi connectivity index (χ1n) is 10.8. The quantitative estimate of drug-likeness (QED) is 0.652. The number of rotatable bonds is 10. The number of nitrogens with one attached hydrogen (secondary N) is 1. The van der Waals surface area contributed by atoms with Gasteiger partial charge in [-0.15, -0.1) is 0 Å². The predicted octanol–water partition coefficient (Wildman–Crippen LogP) is 2.92. The van der Waals surface area contributed by atoms with E-state index >= 15 is 0 Å². The van der Waals surface area contributed by atoms with Crippen LogP contribution < -0.4 is 14.8 Å². The Kier molecular flexibility index (Phi) is 8.53. The molecule has 1 aliphatic rings. The van der Waals surface area contributed by atoms with E-state index in [4.69, 9.17) is 9.47 Å². The summed E-state index contributed by atoms with van der Waals surface area (Å²) in [4.78, 5) is 17.3. The summed E-state index contributed by atoms with van der Waals surface area (Å²) in [6, 6.07) is 15.7. The molecule has 1 fully saturated rings. The Morgan fingerprint density at radius 2 is 1.47 bits per heavy atom. The highest BCUT2D eigenvalue weighted by Gasteiger charge is 2.16. The topological polar surface area (TPSA) is 54.0 Å². The van der Waals surface area contributed by atoms with E-state index in [1.165, 1.54) is 5.56 Å². The van der Waals surface area contributed by atoms with Gasteiger partial charge in [0, 0.05) is 39.3 Å². The zero-order valence-electron chi connectivity index (χ0n) is 18.1. The van der Waals surface area contributed by atoms with Gasteiger partial charge in [0.1, 0.15) is 0 Å². The molecule has 0 radical (unpaired) electrons. The van der Waals surface area contributed by atoms with Gasteiger partial charge in [-0.2, -0.15) is 0 Å². The van der Waals surface area contributed by atoms with Crippen molar-refractivity contribution in [1.82, 2.24) is 15.1 Å². The minimum Gasteiger partial charge on any atom is -0.490 e. The van der Waals surface area contributed by atoms with Crippen molar-refractivity contribution in [2.45, 2.75) is 26.9 Å². The van der Waals surface area contributed by atoms with Crippen LogP contribution in [0.1, 0.15) is 25.0 Å². The van der Waals surface area contributed by atoms with Gasteiger partial charge in [-0.1, -0.05) is 43.3 Å². The molecule has 3 rings (SSSR count). The van der Waals surface area contributed by atoms with Crippen molar-refractivity contribution < 1.29 is 14.3 Å². The van der Waals surface area contributed by atoms with Crippen LogP contribution in [-0.4, -0.2) is 61.6 Å². The maximum absolute atomic E-state index is 12.3. The number of benzene rings is 2. The minimum absolute atomic E-state index is 0.0365. The summed E-state index contributed by atoms with van der Waals surface area (Å²) >= 11 is 0. The molecule has 0 aliphatic carbocycles. The molecular weight excluding hydrogens is 378 g/mol. The number of hydrogen-bond acceptors (Lipinski definition) is 5. The molecule has 0 saturated carbocycles. The maximum Gasteiger partial charge on any atom is 0.258 e. The van der Waals surface area contributed by atoms with Crippen LogP contribution in [0.2, 0.25) is 0 Å². The Bertz CT molecular complexity index is 804. The van der Waals surface area contributed by atoms with E-state index in [0.717, 1.165) is 44.8 Å². The first kappa shape index (κ1) is 22.1. The summed E-state index contributed by atoms with van der Waals surface area (Å²) in [5, 5.41) is 2.98. The van der Waals surface area contributed by atoms with Gasteiger partial charge in [-0.25, -0.2) is 0 Å². The van der Waals surface area contributed by atoms with Crippen LogP contribution in [0.15, 0.2) is 48.5 Å². The van der Waals surface area contributed by atoms with Crippen LogP contribution in [-0.2, 0) is 17.9 Å². The first-order valence-corrected chi connectivity index (χ1v) is 10.8. The van der Waals surface area contributed by atoms with Gasteiger partial charge in [0.05, 0.1) is 6.61 Å². The zero-order valence-corrected chi connectivity index (χ0v) is 18.1. The SMILES string of the molecule is CCOc1ccccc1OCC(=O)NCc1ccccc1CN1CCN(CC)CC1. The van der Waals surface area contributed by atoms with Crippen molar-refractivity contribution in [3.8, 4) is 11.5 Å². The molecular formula is C24H33N3O3. The Morgan fingerprint density at radius 3 is 2.13 bits per heavy atom. The lowest BCUT2D eigenvalue weighted by Gasteiger charge is -2.34. The van der Waals surface area contributed by atoms with Gasteiger partial charge in [-0.3, -0.25) is 9.69 Å². The molecule has 1 saturated heterocycles. The number of piperazine rings is 1. The second-order valence-electron chi connectivity index (χ2n) is 7.42. The van der Waals surface area contributed by atoms with E-state index in [1.54, 1.807) is 0 Å². The van der Waals surface area contributed by atoms with Crippen LogP contribution in [0.4, 0.5) is 0 Å². The molecule has 2 aromatic carbocycles. The molecule has 162 valence electrons. The molecule has 6 nitrogen and oxygen atoms in total. The highest BCUT2D eigenvalue weighted by atomic mass is 16.5. The molecule has 0 spiro atoms. The largest absolute Gasteiger partial charge is 0.490 e. The molecule has 0 unspecified atom stereocenters.